The Morgan fingerprint density at radius 2 is 2.00 bits per heavy atom. The van der Waals surface area contributed by atoms with Gasteiger partial charge in [0.2, 0.25) is 0 Å². The molecular formula is C11H12Br2O2. The Morgan fingerprint density at radius 3 is 2.53 bits per heavy atom. The summed E-state index contributed by atoms with van der Waals surface area (Å²) in [5, 5.41) is 0.767. The average Bonchev–Trinajstić information content (AvgIpc) is 2.22. The Bertz CT molecular complexity index is 375. The smallest absolute Gasteiger partial charge is 0.310 e. The molecule has 0 aliphatic rings. The predicted octanol–water partition coefficient (Wildman–Crippen LogP) is 3.37. The monoisotopic (exact) mass is 334 g/mol. The molecule has 0 saturated heterocycles. The fraction of sp³-hybridized carbons (Fsp3) is 0.364. The van der Waals surface area contributed by atoms with Gasteiger partial charge in [-0.25, -0.2) is 0 Å². The number of hydrogen-bond acceptors (Lipinski definition) is 2. The Hall–Kier alpha value is -0.350. The highest BCUT2D eigenvalue weighted by Gasteiger charge is 2.10. The fourth-order valence-electron chi connectivity index (χ4n) is 1.38. The number of alkyl halides is 1. The first-order valence-corrected chi connectivity index (χ1v) is 6.40. The second kappa shape index (κ2) is 5.66. The van der Waals surface area contributed by atoms with E-state index in [2.05, 4.69) is 42.7 Å². The molecule has 0 bridgehead atoms. The zero-order valence-electron chi connectivity index (χ0n) is 8.64. The minimum absolute atomic E-state index is 0.221. The molecule has 0 fully saturated rings. The summed E-state index contributed by atoms with van der Waals surface area (Å²) in [7, 11) is 1.40. The van der Waals surface area contributed by atoms with E-state index in [4.69, 9.17) is 0 Å². The standard InChI is InChI=1S/C11H12Br2O2/c1-7-3-8(5-10(14)15-2)11(13)9(4-7)6-12/h3-4H,5-6H2,1-2H3. The minimum atomic E-state index is -0.221. The summed E-state index contributed by atoms with van der Waals surface area (Å²) in [6.07, 6.45) is 0.304. The molecule has 0 N–H and O–H groups in total. The average molecular weight is 336 g/mol. The van der Waals surface area contributed by atoms with E-state index in [1.165, 1.54) is 7.11 Å². The quantitative estimate of drug-likeness (QED) is 0.625. The molecule has 0 heterocycles. The first-order valence-electron chi connectivity index (χ1n) is 4.49. The van der Waals surface area contributed by atoms with E-state index in [1.807, 2.05) is 13.0 Å². The van der Waals surface area contributed by atoms with Gasteiger partial charge in [0, 0.05) is 9.80 Å². The minimum Gasteiger partial charge on any atom is -0.469 e. The number of halogens is 2. The van der Waals surface area contributed by atoms with E-state index in [1.54, 1.807) is 0 Å². The van der Waals surface area contributed by atoms with Crippen molar-refractivity contribution in [1.29, 1.82) is 0 Å². The van der Waals surface area contributed by atoms with Crippen molar-refractivity contribution >= 4 is 37.8 Å². The Balaban J connectivity index is 3.06. The number of benzene rings is 1. The SMILES string of the molecule is COC(=O)Cc1cc(C)cc(CBr)c1Br. The summed E-state index contributed by atoms with van der Waals surface area (Å²) < 4.78 is 5.63. The molecule has 82 valence electrons. The molecule has 1 aromatic carbocycles. The number of carbonyl (C=O) groups is 1. The molecule has 0 saturated carbocycles. The van der Waals surface area contributed by atoms with E-state index in [0.29, 0.717) is 6.42 Å². The van der Waals surface area contributed by atoms with Crippen molar-refractivity contribution in [3.63, 3.8) is 0 Å². The van der Waals surface area contributed by atoms with Crippen molar-refractivity contribution in [3.05, 3.63) is 33.3 Å². The highest BCUT2D eigenvalue weighted by molar-refractivity contribution is 9.10. The van der Waals surface area contributed by atoms with Crippen LogP contribution in [0.3, 0.4) is 0 Å². The van der Waals surface area contributed by atoms with Crippen LogP contribution in [-0.2, 0) is 21.3 Å². The first kappa shape index (κ1) is 12.7. The van der Waals surface area contributed by atoms with Gasteiger partial charge in [-0.05, 0) is 18.1 Å². The van der Waals surface area contributed by atoms with Gasteiger partial charge in [0.15, 0.2) is 0 Å². The third kappa shape index (κ3) is 3.31. The van der Waals surface area contributed by atoms with Crippen LogP contribution in [-0.4, -0.2) is 13.1 Å². The molecule has 4 heteroatoms. The van der Waals surface area contributed by atoms with Crippen LogP contribution in [0.15, 0.2) is 16.6 Å². The van der Waals surface area contributed by atoms with Gasteiger partial charge < -0.3 is 4.74 Å². The van der Waals surface area contributed by atoms with Crippen LogP contribution in [0.5, 0.6) is 0 Å². The molecule has 0 aliphatic carbocycles. The lowest BCUT2D eigenvalue weighted by molar-refractivity contribution is -0.139. The second-order valence-corrected chi connectivity index (χ2v) is 4.64. The zero-order chi connectivity index (χ0) is 11.4. The lowest BCUT2D eigenvalue weighted by Crippen LogP contribution is -2.06. The van der Waals surface area contributed by atoms with E-state index in [-0.39, 0.29) is 5.97 Å². The number of rotatable bonds is 3. The van der Waals surface area contributed by atoms with Crippen molar-refractivity contribution < 1.29 is 9.53 Å². The predicted molar refractivity (Wildman–Crippen MR) is 67.2 cm³/mol. The Labute approximate surface area is 106 Å². The molecule has 0 aromatic heterocycles. The molecule has 0 amide bonds. The Morgan fingerprint density at radius 1 is 1.40 bits per heavy atom. The summed E-state index contributed by atoms with van der Waals surface area (Å²) in [6, 6.07) is 4.08. The lowest BCUT2D eigenvalue weighted by atomic mass is 10.1. The summed E-state index contributed by atoms with van der Waals surface area (Å²) >= 11 is 6.91. The highest BCUT2D eigenvalue weighted by Crippen LogP contribution is 2.26. The van der Waals surface area contributed by atoms with Crippen LogP contribution in [0.1, 0.15) is 16.7 Å². The maximum Gasteiger partial charge on any atom is 0.310 e. The van der Waals surface area contributed by atoms with E-state index >= 15 is 0 Å². The maximum atomic E-state index is 11.2. The van der Waals surface area contributed by atoms with E-state index in [0.717, 1.165) is 26.5 Å². The van der Waals surface area contributed by atoms with Crippen LogP contribution in [0.2, 0.25) is 0 Å². The van der Waals surface area contributed by atoms with Crippen molar-refractivity contribution in [2.45, 2.75) is 18.7 Å². The topological polar surface area (TPSA) is 26.3 Å². The zero-order valence-corrected chi connectivity index (χ0v) is 11.8. The third-order valence-corrected chi connectivity index (χ3v) is 3.70. The molecule has 0 radical (unpaired) electrons. The van der Waals surface area contributed by atoms with Crippen LogP contribution in [0, 0.1) is 6.92 Å². The van der Waals surface area contributed by atoms with Crippen molar-refractivity contribution in [2.75, 3.05) is 7.11 Å². The van der Waals surface area contributed by atoms with E-state index < -0.39 is 0 Å². The highest BCUT2D eigenvalue weighted by atomic mass is 79.9. The number of esters is 1. The van der Waals surface area contributed by atoms with E-state index in [9.17, 15) is 4.79 Å². The van der Waals surface area contributed by atoms with Gasteiger partial charge in [-0.3, -0.25) is 4.79 Å². The number of aryl methyl sites for hydroxylation is 1. The molecule has 0 spiro atoms. The number of ether oxygens (including phenoxy) is 1. The Kier molecular flexibility index (Phi) is 4.80. The van der Waals surface area contributed by atoms with Gasteiger partial charge in [-0.15, -0.1) is 0 Å². The third-order valence-electron chi connectivity index (χ3n) is 2.07. The molecule has 1 aromatic rings. The summed E-state index contributed by atoms with van der Waals surface area (Å²) in [4.78, 5) is 11.2. The largest absolute Gasteiger partial charge is 0.469 e. The molecule has 15 heavy (non-hydrogen) atoms. The fourth-order valence-corrected chi connectivity index (χ4v) is 2.71. The molecule has 0 atom stereocenters. The normalized spacial score (nSPS) is 10.1. The lowest BCUT2D eigenvalue weighted by Gasteiger charge is -2.09. The maximum absolute atomic E-state index is 11.2. The van der Waals surface area contributed by atoms with Crippen LogP contribution in [0.25, 0.3) is 0 Å². The number of carbonyl (C=O) groups excluding carboxylic acids is 1. The van der Waals surface area contributed by atoms with Gasteiger partial charge >= 0.3 is 5.97 Å². The molecular weight excluding hydrogens is 324 g/mol. The van der Waals surface area contributed by atoms with Gasteiger partial charge in [0.1, 0.15) is 0 Å². The summed E-state index contributed by atoms with van der Waals surface area (Å²) in [5.41, 5.74) is 3.26. The summed E-state index contributed by atoms with van der Waals surface area (Å²) in [6.45, 7) is 2.01. The van der Waals surface area contributed by atoms with Crippen LogP contribution >= 0.6 is 31.9 Å². The van der Waals surface area contributed by atoms with Crippen LogP contribution in [0.4, 0.5) is 0 Å². The molecule has 2 nitrogen and oxygen atoms in total. The van der Waals surface area contributed by atoms with Gasteiger partial charge in [0.05, 0.1) is 13.5 Å². The van der Waals surface area contributed by atoms with Crippen molar-refractivity contribution in [2.24, 2.45) is 0 Å². The van der Waals surface area contributed by atoms with Crippen molar-refractivity contribution in [1.82, 2.24) is 0 Å². The molecule has 1 rings (SSSR count). The first-order chi connectivity index (χ1) is 7.08. The second-order valence-electron chi connectivity index (χ2n) is 3.28. The van der Waals surface area contributed by atoms with Gasteiger partial charge in [-0.2, -0.15) is 0 Å². The van der Waals surface area contributed by atoms with Crippen molar-refractivity contribution in [3.8, 4) is 0 Å². The number of methoxy groups -OCH3 is 1. The number of hydrogen-bond donors (Lipinski definition) is 0. The van der Waals surface area contributed by atoms with Gasteiger partial charge in [0.25, 0.3) is 0 Å². The summed E-state index contributed by atoms with van der Waals surface area (Å²) in [5.74, 6) is -0.221. The molecule has 0 aliphatic heterocycles. The van der Waals surface area contributed by atoms with Crippen LogP contribution < -0.4 is 0 Å². The molecule has 0 unspecified atom stereocenters. The van der Waals surface area contributed by atoms with Gasteiger partial charge in [-0.1, -0.05) is 49.6 Å².